The van der Waals surface area contributed by atoms with Crippen LogP contribution in [0.15, 0.2) is 22.8 Å². The van der Waals surface area contributed by atoms with Crippen molar-refractivity contribution < 1.29 is 4.42 Å². The summed E-state index contributed by atoms with van der Waals surface area (Å²) in [6.07, 6.45) is 10.3. The van der Waals surface area contributed by atoms with Gasteiger partial charge in [-0.25, -0.2) is 4.98 Å². The first-order valence-corrected chi connectivity index (χ1v) is 5.66. The minimum absolute atomic E-state index is 0.640. The predicted octanol–water partition coefficient (Wildman–Crippen LogP) is 2.28. The number of hydrogen-bond acceptors (Lipinski definition) is 3. The first-order valence-electron chi connectivity index (χ1n) is 5.66. The fourth-order valence-corrected chi connectivity index (χ4v) is 2.73. The molecular formula is C12H16N2O. The Morgan fingerprint density at radius 2 is 2.47 bits per heavy atom. The van der Waals surface area contributed by atoms with Gasteiger partial charge in [-0.05, 0) is 19.3 Å². The fourth-order valence-electron chi connectivity index (χ4n) is 2.73. The maximum atomic E-state index is 5.24. The molecule has 2 bridgehead atoms. The van der Waals surface area contributed by atoms with Gasteiger partial charge in [-0.3, -0.25) is 4.90 Å². The Hall–Kier alpha value is -1.09. The molecule has 3 heteroatoms. The molecule has 2 aliphatic heterocycles. The number of hydrogen-bond donors (Lipinski definition) is 0. The minimum Gasteiger partial charge on any atom is -0.449 e. The van der Waals surface area contributed by atoms with Gasteiger partial charge < -0.3 is 4.42 Å². The summed E-state index contributed by atoms with van der Waals surface area (Å²) < 4.78 is 5.24. The fraction of sp³-hybridized carbons (Fsp3) is 0.583. The number of aromatic nitrogens is 1. The van der Waals surface area contributed by atoms with Crippen LogP contribution in [0.3, 0.4) is 0 Å². The van der Waals surface area contributed by atoms with Crippen LogP contribution >= 0.6 is 0 Å². The van der Waals surface area contributed by atoms with Crippen molar-refractivity contribution in [2.45, 2.75) is 44.8 Å². The van der Waals surface area contributed by atoms with Crippen LogP contribution < -0.4 is 0 Å². The van der Waals surface area contributed by atoms with Crippen molar-refractivity contribution in [2.24, 2.45) is 0 Å². The van der Waals surface area contributed by atoms with E-state index >= 15 is 0 Å². The van der Waals surface area contributed by atoms with E-state index < -0.39 is 0 Å². The largest absolute Gasteiger partial charge is 0.449 e. The lowest BCUT2D eigenvalue weighted by Gasteiger charge is -2.30. The molecular weight excluding hydrogens is 188 g/mol. The summed E-state index contributed by atoms with van der Waals surface area (Å²) >= 11 is 0. The Morgan fingerprint density at radius 1 is 1.53 bits per heavy atom. The Bertz CT molecular complexity index is 383. The van der Waals surface area contributed by atoms with E-state index in [4.69, 9.17) is 4.42 Å². The van der Waals surface area contributed by atoms with Gasteiger partial charge in [0.15, 0.2) is 5.89 Å². The van der Waals surface area contributed by atoms with Crippen LogP contribution in [-0.2, 0) is 6.54 Å². The molecule has 1 aromatic heterocycles. The average Bonchev–Trinajstić information content (AvgIpc) is 2.71. The van der Waals surface area contributed by atoms with Crippen LogP contribution in [0.1, 0.15) is 30.8 Å². The molecule has 1 aromatic rings. The lowest BCUT2D eigenvalue weighted by molar-refractivity contribution is 0.197. The first kappa shape index (κ1) is 9.16. The van der Waals surface area contributed by atoms with E-state index in [1.165, 1.54) is 19.3 Å². The standard InChI is InChI=1S/C12H16N2O/c1-9-13-10(8-15-9)7-14-11-3-2-4-12(14)6-5-11/h2-3,8,11-12H,4-7H2,1H3. The Morgan fingerprint density at radius 3 is 3.20 bits per heavy atom. The summed E-state index contributed by atoms with van der Waals surface area (Å²) in [5, 5.41) is 0. The summed E-state index contributed by atoms with van der Waals surface area (Å²) in [6.45, 7) is 2.84. The summed E-state index contributed by atoms with van der Waals surface area (Å²) in [5.41, 5.74) is 1.07. The van der Waals surface area contributed by atoms with E-state index in [1.807, 2.05) is 6.92 Å². The van der Waals surface area contributed by atoms with Gasteiger partial charge in [-0.15, -0.1) is 0 Å². The molecule has 2 atom stereocenters. The highest BCUT2D eigenvalue weighted by molar-refractivity contribution is 5.10. The van der Waals surface area contributed by atoms with Crippen molar-refractivity contribution in [2.75, 3.05) is 0 Å². The topological polar surface area (TPSA) is 29.3 Å². The third kappa shape index (κ3) is 1.61. The molecule has 1 saturated heterocycles. The molecule has 0 aromatic carbocycles. The quantitative estimate of drug-likeness (QED) is 0.692. The van der Waals surface area contributed by atoms with Crippen molar-refractivity contribution in [3.63, 3.8) is 0 Å². The molecule has 1 fully saturated rings. The number of oxazole rings is 1. The zero-order chi connectivity index (χ0) is 10.3. The summed E-state index contributed by atoms with van der Waals surface area (Å²) in [5.74, 6) is 0.768. The molecule has 0 spiro atoms. The highest BCUT2D eigenvalue weighted by Gasteiger charge is 2.33. The summed E-state index contributed by atoms with van der Waals surface area (Å²) in [4.78, 5) is 6.92. The van der Waals surface area contributed by atoms with Crippen LogP contribution in [0.25, 0.3) is 0 Å². The van der Waals surface area contributed by atoms with Crippen LogP contribution in [0, 0.1) is 6.92 Å². The third-order valence-electron chi connectivity index (χ3n) is 3.47. The average molecular weight is 204 g/mol. The molecule has 3 heterocycles. The van der Waals surface area contributed by atoms with Gasteiger partial charge in [0.1, 0.15) is 6.26 Å². The van der Waals surface area contributed by atoms with Crippen molar-refractivity contribution >= 4 is 0 Å². The normalized spacial score (nSPS) is 29.9. The molecule has 0 radical (unpaired) electrons. The van der Waals surface area contributed by atoms with E-state index in [9.17, 15) is 0 Å². The second kappa shape index (κ2) is 3.49. The highest BCUT2D eigenvalue weighted by Crippen LogP contribution is 2.32. The smallest absolute Gasteiger partial charge is 0.191 e. The van der Waals surface area contributed by atoms with Gasteiger partial charge in [0, 0.05) is 25.6 Å². The molecule has 2 unspecified atom stereocenters. The first-order chi connectivity index (χ1) is 7.33. The second-order valence-corrected chi connectivity index (χ2v) is 4.49. The molecule has 3 nitrogen and oxygen atoms in total. The molecule has 15 heavy (non-hydrogen) atoms. The monoisotopic (exact) mass is 204 g/mol. The lowest BCUT2D eigenvalue weighted by atomic mass is 10.1. The van der Waals surface area contributed by atoms with Gasteiger partial charge in [-0.2, -0.15) is 0 Å². The van der Waals surface area contributed by atoms with Crippen molar-refractivity contribution in [3.8, 4) is 0 Å². The van der Waals surface area contributed by atoms with Crippen LogP contribution in [0.5, 0.6) is 0 Å². The van der Waals surface area contributed by atoms with Gasteiger partial charge in [0.25, 0.3) is 0 Å². The number of fused-ring (bicyclic) bond motifs is 2. The number of nitrogens with zero attached hydrogens (tertiary/aromatic N) is 2. The maximum Gasteiger partial charge on any atom is 0.191 e. The van der Waals surface area contributed by atoms with E-state index in [1.54, 1.807) is 6.26 Å². The van der Waals surface area contributed by atoms with E-state index in [-0.39, 0.29) is 0 Å². The Balaban J connectivity index is 1.76. The lowest BCUT2D eigenvalue weighted by Crippen LogP contribution is -2.36. The van der Waals surface area contributed by atoms with Crippen molar-refractivity contribution in [3.05, 3.63) is 30.0 Å². The van der Waals surface area contributed by atoms with Crippen LogP contribution in [0.4, 0.5) is 0 Å². The van der Waals surface area contributed by atoms with E-state index in [0.29, 0.717) is 6.04 Å². The summed E-state index contributed by atoms with van der Waals surface area (Å²) in [6, 6.07) is 1.37. The Labute approximate surface area is 89.8 Å². The second-order valence-electron chi connectivity index (χ2n) is 4.49. The zero-order valence-corrected chi connectivity index (χ0v) is 9.02. The molecule has 0 amide bonds. The van der Waals surface area contributed by atoms with Gasteiger partial charge in [0.2, 0.25) is 0 Å². The maximum absolute atomic E-state index is 5.24. The Kier molecular flexibility index (Phi) is 2.13. The van der Waals surface area contributed by atoms with Gasteiger partial charge >= 0.3 is 0 Å². The van der Waals surface area contributed by atoms with Crippen molar-refractivity contribution in [1.82, 2.24) is 9.88 Å². The third-order valence-corrected chi connectivity index (χ3v) is 3.47. The molecule has 0 aliphatic carbocycles. The van der Waals surface area contributed by atoms with Gasteiger partial charge in [-0.1, -0.05) is 12.2 Å². The minimum atomic E-state index is 0.640. The summed E-state index contributed by atoms with van der Waals surface area (Å²) in [7, 11) is 0. The molecule has 2 aliphatic rings. The van der Waals surface area contributed by atoms with Gasteiger partial charge in [0.05, 0.1) is 5.69 Å². The molecule has 3 rings (SSSR count). The number of aryl methyl sites for hydroxylation is 1. The zero-order valence-electron chi connectivity index (χ0n) is 9.02. The SMILES string of the molecule is Cc1nc(CN2C3C=CCC2CC3)co1. The predicted molar refractivity (Wildman–Crippen MR) is 57.4 cm³/mol. The molecule has 0 N–H and O–H groups in total. The van der Waals surface area contributed by atoms with Crippen LogP contribution in [0.2, 0.25) is 0 Å². The molecule has 0 saturated carbocycles. The molecule has 80 valence electrons. The van der Waals surface area contributed by atoms with Crippen LogP contribution in [-0.4, -0.2) is 22.0 Å². The number of rotatable bonds is 2. The van der Waals surface area contributed by atoms with E-state index in [0.717, 1.165) is 24.2 Å². The van der Waals surface area contributed by atoms with E-state index in [2.05, 4.69) is 22.0 Å². The van der Waals surface area contributed by atoms with Crippen molar-refractivity contribution in [1.29, 1.82) is 0 Å². The highest BCUT2D eigenvalue weighted by atomic mass is 16.3.